The standard InChI is InChI=1S/C21H24N4O2/c1-13-10-18(14(2)25(13)17-6-7-17)21(27)23-16-5-4-15-8-9-24(19(15)11-16)12-20(26)22-3/h4-5,8-11,17H,6-7,12H2,1-3H3,(H,22,26)(H,23,27). The van der Waals surface area contributed by atoms with E-state index in [0.717, 1.165) is 33.5 Å². The van der Waals surface area contributed by atoms with E-state index < -0.39 is 0 Å². The van der Waals surface area contributed by atoms with Crippen molar-refractivity contribution >= 4 is 28.4 Å². The molecule has 27 heavy (non-hydrogen) atoms. The Labute approximate surface area is 158 Å². The average molecular weight is 364 g/mol. The molecule has 0 radical (unpaired) electrons. The molecule has 140 valence electrons. The molecule has 2 aromatic heterocycles. The second kappa shape index (κ2) is 6.61. The largest absolute Gasteiger partial charge is 0.358 e. The Hall–Kier alpha value is -3.02. The van der Waals surface area contributed by atoms with Crippen LogP contribution in [-0.2, 0) is 11.3 Å². The Morgan fingerprint density at radius 1 is 1.15 bits per heavy atom. The molecule has 2 amide bonds. The maximum Gasteiger partial charge on any atom is 0.257 e. The number of fused-ring (bicyclic) bond motifs is 1. The lowest BCUT2D eigenvalue weighted by Gasteiger charge is -2.09. The summed E-state index contributed by atoms with van der Waals surface area (Å²) in [6.07, 6.45) is 4.27. The molecule has 3 aromatic rings. The number of nitrogens with one attached hydrogen (secondary N) is 2. The fourth-order valence-electron chi connectivity index (χ4n) is 3.73. The molecule has 1 aromatic carbocycles. The number of nitrogens with zero attached hydrogens (tertiary/aromatic N) is 2. The fraction of sp³-hybridized carbons (Fsp3) is 0.333. The smallest absolute Gasteiger partial charge is 0.257 e. The lowest BCUT2D eigenvalue weighted by molar-refractivity contribution is -0.121. The molecule has 0 spiro atoms. The summed E-state index contributed by atoms with van der Waals surface area (Å²) in [6, 6.07) is 10.2. The Morgan fingerprint density at radius 3 is 2.63 bits per heavy atom. The zero-order valence-electron chi connectivity index (χ0n) is 15.9. The summed E-state index contributed by atoms with van der Waals surface area (Å²) < 4.78 is 4.15. The first kappa shape index (κ1) is 17.4. The molecule has 6 heteroatoms. The van der Waals surface area contributed by atoms with Crippen LogP contribution in [0, 0.1) is 13.8 Å². The number of carbonyl (C=O) groups is 2. The second-order valence-electron chi connectivity index (χ2n) is 7.23. The number of rotatable bonds is 5. The van der Waals surface area contributed by atoms with Gasteiger partial charge in [0.15, 0.2) is 0 Å². The first-order chi connectivity index (χ1) is 13.0. The molecule has 1 aliphatic carbocycles. The lowest BCUT2D eigenvalue weighted by Crippen LogP contribution is -2.23. The number of hydrogen-bond acceptors (Lipinski definition) is 2. The van der Waals surface area contributed by atoms with E-state index in [-0.39, 0.29) is 18.4 Å². The summed E-state index contributed by atoms with van der Waals surface area (Å²) in [5, 5.41) is 6.67. The molecule has 2 N–H and O–H groups in total. The summed E-state index contributed by atoms with van der Waals surface area (Å²) in [5.41, 5.74) is 4.52. The van der Waals surface area contributed by atoms with Crippen molar-refractivity contribution in [3.05, 3.63) is 53.5 Å². The highest BCUT2D eigenvalue weighted by molar-refractivity contribution is 6.06. The van der Waals surface area contributed by atoms with E-state index in [0.29, 0.717) is 6.04 Å². The summed E-state index contributed by atoms with van der Waals surface area (Å²) >= 11 is 0. The number of aromatic nitrogens is 2. The number of likely N-dealkylation sites (N-methyl/N-ethyl adjacent to an activating group) is 1. The second-order valence-corrected chi connectivity index (χ2v) is 7.23. The highest BCUT2D eigenvalue weighted by Crippen LogP contribution is 2.38. The first-order valence-corrected chi connectivity index (χ1v) is 9.27. The van der Waals surface area contributed by atoms with Gasteiger partial charge in [-0.3, -0.25) is 9.59 Å². The zero-order valence-corrected chi connectivity index (χ0v) is 15.9. The van der Waals surface area contributed by atoms with E-state index in [2.05, 4.69) is 22.1 Å². The van der Waals surface area contributed by atoms with Gasteiger partial charge in [0.2, 0.25) is 5.91 Å². The monoisotopic (exact) mass is 364 g/mol. The van der Waals surface area contributed by atoms with Crippen LogP contribution in [0.3, 0.4) is 0 Å². The van der Waals surface area contributed by atoms with Crippen molar-refractivity contribution in [1.82, 2.24) is 14.5 Å². The highest BCUT2D eigenvalue weighted by atomic mass is 16.2. The first-order valence-electron chi connectivity index (χ1n) is 9.27. The van der Waals surface area contributed by atoms with E-state index in [4.69, 9.17) is 0 Å². The van der Waals surface area contributed by atoms with Crippen LogP contribution in [0.2, 0.25) is 0 Å². The van der Waals surface area contributed by atoms with Gasteiger partial charge in [0.1, 0.15) is 6.54 Å². The van der Waals surface area contributed by atoms with Crippen LogP contribution >= 0.6 is 0 Å². The van der Waals surface area contributed by atoms with Crippen molar-refractivity contribution < 1.29 is 9.59 Å². The molecule has 1 saturated carbocycles. The predicted octanol–water partition coefficient (Wildman–Crippen LogP) is 3.39. The predicted molar refractivity (Wildman–Crippen MR) is 106 cm³/mol. The van der Waals surface area contributed by atoms with E-state index in [1.54, 1.807) is 7.05 Å². The molecule has 1 aliphatic rings. The Morgan fingerprint density at radius 2 is 1.93 bits per heavy atom. The van der Waals surface area contributed by atoms with Crippen LogP contribution < -0.4 is 10.6 Å². The normalized spacial score (nSPS) is 13.7. The molecule has 1 fully saturated rings. The third-order valence-corrected chi connectivity index (χ3v) is 5.27. The van der Waals surface area contributed by atoms with Crippen LogP contribution in [-0.4, -0.2) is 28.0 Å². The van der Waals surface area contributed by atoms with Gasteiger partial charge >= 0.3 is 0 Å². The number of amides is 2. The third-order valence-electron chi connectivity index (χ3n) is 5.27. The average Bonchev–Trinajstić information content (AvgIpc) is 3.33. The summed E-state index contributed by atoms with van der Waals surface area (Å²) in [6.45, 7) is 4.32. The Kier molecular flexibility index (Phi) is 4.26. The van der Waals surface area contributed by atoms with Crippen molar-refractivity contribution in [2.45, 2.75) is 39.3 Å². The van der Waals surface area contributed by atoms with Crippen molar-refractivity contribution in [3.63, 3.8) is 0 Å². The van der Waals surface area contributed by atoms with E-state index in [1.165, 1.54) is 12.8 Å². The van der Waals surface area contributed by atoms with Gasteiger partial charge in [-0.05, 0) is 56.3 Å². The van der Waals surface area contributed by atoms with Crippen molar-refractivity contribution in [3.8, 4) is 0 Å². The van der Waals surface area contributed by atoms with Gasteiger partial charge in [-0.2, -0.15) is 0 Å². The van der Waals surface area contributed by atoms with E-state index >= 15 is 0 Å². The van der Waals surface area contributed by atoms with Crippen LogP contribution in [0.4, 0.5) is 5.69 Å². The molecule has 0 atom stereocenters. The minimum Gasteiger partial charge on any atom is -0.358 e. The van der Waals surface area contributed by atoms with Gasteiger partial charge in [-0.1, -0.05) is 6.07 Å². The molecule has 0 aliphatic heterocycles. The minimum atomic E-state index is -0.0984. The molecule has 0 saturated heterocycles. The Bertz CT molecular complexity index is 1040. The van der Waals surface area contributed by atoms with Gasteiger partial charge in [0.25, 0.3) is 5.91 Å². The number of hydrogen-bond donors (Lipinski definition) is 2. The molecule has 6 nitrogen and oxygen atoms in total. The summed E-state index contributed by atoms with van der Waals surface area (Å²) in [5.74, 6) is -0.159. The van der Waals surface area contributed by atoms with Crippen LogP contribution in [0.5, 0.6) is 0 Å². The van der Waals surface area contributed by atoms with E-state index in [1.807, 2.05) is 48.0 Å². The Balaban J connectivity index is 1.59. The molecular weight excluding hydrogens is 340 g/mol. The third kappa shape index (κ3) is 3.23. The van der Waals surface area contributed by atoms with Gasteiger partial charge in [0.05, 0.1) is 11.1 Å². The minimum absolute atomic E-state index is 0.0607. The SMILES string of the molecule is CNC(=O)Cn1ccc2ccc(NC(=O)c3cc(C)n(C4CC4)c3C)cc21. The van der Waals surface area contributed by atoms with Crippen molar-refractivity contribution in [2.75, 3.05) is 12.4 Å². The fourth-order valence-corrected chi connectivity index (χ4v) is 3.73. The summed E-state index contributed by atoms with van der Waals surface area (Å²) in [7, 11) is 1.62. The molecule has 0 unspecified atom stereocenters. The zero-order chi connectivity index (χ0) is 19.1. The maximum absolute atomic E-state index is 12.8. The van der Waals surface area contributed by atoms with Gasteiger partial charge < -0.3 is 19.8 Å². The topological polar surface area (TPSA) is 68.1 Å². The van der Waals surface area contributed by atoms with Crippen LogP contribution in [0.1, 0.15) is 40.6 Å². The molecular formula is C21H24N4O2. The molecule has 0 bridgehead atoms. The van der Waals surface area contributed by atoms with Crippen molar-refractivity contribution in [1.29, 1.82) is 0 Å². The quantitative estimate of drug-likeness (QED) is 0.729. The summed E-state index contributed by atoms with van der Waals surface area (Å²) in [4.78, 5) is 24.5. The van der Waals surface area contributed by atoms with Gasteiger partial charge in [-0.25, -0.2) is 0 Å². The molecule has 2 heterocycles. The van der Waals surface area contributed by atoms with E-state index in [9.17, 15) is 9.59 Å². The van der Waals surface area contributed by atoms with Crippen molar-refractivity contribution in [2.24, 2.45) is 0 Å². The van der Waals surface area contributed by atoms with Gasteiger partial charge in [0, 0.05) is 36.4 Å². The maximum atomic E-state index is 12.8. The number of anilines is 1. The van der Waals surface area contributed by atoms with Crippen LogP contribution in [0.15, 0.2) is 36.5 Å². The number of aryl methyl sites for hydroxylation is 1. The van der Waals surface area contributed by atoms with Crippen LogP contribution in [0.25, 0.3) is 10.9 Å². The van der Waals surface area contributed by atoms with Gasteiger partial charge in [-0.15, -0.1) is 0 Å². The number of carbonyl (C=O) groups excluding carboxylic acids is 2. The highest BCUT2D eigenvalue weighted by Gasteiger charge is 2.28. The molecule has 4 rings (SSSR count). The number of benzene rings is 1. The lowest BCUT2D eigenvalue weighted by atomic mass is 10.2.